The minimum absolute atomic E-state index is 0.00493. The first kappa shape index (κ1) is 19.9. The summed E-state index contributed by atoms with van der Waals surface area (Å²) in [6, 6.07) is 22.8. The highest BCUT2D eigenvalue weighted by Crippen LogP contribution is 2.32. The van der Waals surface area contributed by atoms with Crippen LogP contribution in [0.1, 0.15) is 16.7 Å². The largest absolute Gasteiger partial charge is 0.392 e. The quantitative estimate of drug-likeness (QED) is 0.458. The van der Waals surface area contributed by atoms with Gasteiger partial charge in [0.2, 0.25) is 0 Å². The SMILES string of the molecule is OCc1ccc(-c2ncc(-c3ccc(CO)cc3)c(-c3ccc(CO)cc3)n2)cc1. The molecule has 0 spiro atoms. The zero-order valence-corrected chi connectivity index (χ0v) is 16.4. The lowest BCUT2D eigenvalue weighted by Gasteiger charge is -2.12. The van der Waals surface area contributed by atoms with Gasteiger partial charge in [-0.05, 0) is 22.3 Å². The van der Waals surface area contributed by atoms with Gasteiger partial charge in [0.05, 0.1) is 25.5 Å². The molecule has 0 atom stereocenters. The first-order valence-corrected chi connectivity index (χ1v) is 9.69. The first-order valence-electron chi connectivity index (χ1n) is 9.69. The van der Waals surface area contributed by atoms with E-state index in [2.05, 4.69) is 4.98 Å². The monoisotopic (exact) mass is 398 g/mol. The lowest BCUT2D eigenvalue weighted by Crippen LogP contribution is -1.97. The molecule has 0 amide bonds. The summed E-state index contributed by atoms with van der Waals surface area (Å²) in [6.07, 6.45) is 1.81. The van der Waals surface area contributed by atoms with Gasteiger partial charge in [-0.1, -0.05) is 72.8 Å². The smallest absolute Gasteiger partial charge is 0.159 e. The Morgan fingerprint density at radius 2 is 0.967 bits per heavy atom. The molecule has 0 unspecified atom stereocenters. The van der Waals surface area contributed by atoms with E-state index >= 15 is 0 Å². The molecule has 0 saturated carbocycles. The fourth-order valence-corrected chi connectivity index (χ4v) is 3.27. The Morgan fingerprint density at radius 3 is 1.43 bits per heavy atom. The third kappa shape index (κ3) is 4.14. The molecule has 4 aromatic rings. The highest BCUT2D eigenvalue weighted by atomic mass is 16.3. The van der Waals surface area contributed by atoms with Gasteiger partial charge in [-0.25, -0.2) is 9.97 Å². The van der Waals surface area contributed by atoms with Crippen LogP contribution >= 0.6 is 0 Å². The highest BCUT2D eigenvalue weighted by Gasteiger charge is 2.13. The molecule has 1 heterocycles. The number of hydrogen-bond acceptors (Lipinski definition) is 5. The Hall–Kier alpha value is -3.38. The van der Waals surface area contributed by atoms with Crippen molar-refractivity contribution in [3.05, 3.63) is 95.7 Å². The summed E-state index contributed by atoms with van der Waals surface area (Å²) >= 11 is 0. The van der Waals surface area contributed by atoms with E-state index in [1.54, 1.807) is 0 Å². The molecule has 5 nitrogen and oxygen atoms in total. The fourth-order valence-electron chi connectivity index (χ4n) is 3.27. The number of benzene rings is 3. The molecule has 4 rings (SSSR count). The normalized spacial score (nSPS) is 10.9. The van der Waals surface area contributed by atoms with Crippen LogP contribution in [-0.4, -0.2) is 25.3 Å². The van der Waals surface area contributed by atoms with Crippen LogP contribution in [0.25, 0.3) is 33.8 Å². The van der Waals surface area contributed by atoms with Crippen LogP contribution in [0.4, 0.5) is 0 Å². The third-order valence-electron chi connectivity index (χ3n) is 5.04. The van der Waals surface area contributed by atoms with Crippen molar-refractivity contribution in [1.82, 2.24) is 9.97 Å². The zero-order valence-electron chi connectivity index (χ0n) is 16.4. The van der Waals surface area contributed by atoms with Gasteiger partial charge in [0.15, 0.2) is 5.82 Å². The second-order valence-electron chi connectivity index (χ2n) is 7.02. The van der Waals surface area contributed by atoms with Crippen molar-refractivity contribution in [2.45, 2.75) is 19.8 Å². The van der Waals surface area contributed by atoms with Crippen LogP contribution in [0.5, 0.6) is 0 Å². The maximum absolute atomic E-state index is 9.35. The summed E-state index contributed by atoms with van der Waals surface area (Å²) in [6.45, 7) is -0.0244. The van der Waals surface area contributed by atoms with Crippen LogP contribution in [0, 0.1) is 0 Å². The number of aliphatic hydroxyl groups is 3. The van der Waals surface area contributed by atoms with Crippen molar-refractivity contribution in [3.8, 4) is 33.8 Å². The average Bonchev–Trinajstić information content (AvgIpc) is 2.84. The molecule has 0 aliphatic rings. The molecule has 3 N–H and O–H groups in total. The van der Waals surface area contributed by atoms with Gasteiger partial charge in [-0.3, -0.25) is 0 Å². The van der Waals surface area contributed by atoms with Gasteiger partial charge in [0.25, 0.3) is 0 Å². The second-order valence-corrected chi connectivity index (χ2v) is 7.02. The lowest BCUT2D eigenvalue weighted by atomic mass is 9.98. The minimum atomic E-state index is -0.0119. The van der Waals surface area contributed by atoms with Gasteiger partial charge in [-0.15, -0.1) is 0 Å². The van der Waals surface area contributed by atoms with Crippen molar-refractivity contribution >= 4 is 0 Å². The molecule has 1 aromatic heterocycles. The molecular weight excluding hydrogens is 376 g/mol. The lowest BCUT2D eigenvalue weighted by molar-refractivity contribution is 0.281. The molecule has 0 fully saturated rings. The summed E-state index contributed by atoms with van der Waals surface area (Å²) in [7, 11) is 0. The molecular formula is C25H22N2O3. The van der Waals surface area contributed by atoms with Crippen molar-refractivity contribution in [2.75, 3.05) is 0 Å². The summed E-state index contributed by atoms with van der Waals surface area (Å²) in [5.41, 5.74) is 6.91. The molecule has 0 aliphatic heterocycles. The van der Waals surface area contributed by atoms with E-state index in [1.165, 1.54) is 0 Å². The van der Waals surface area contributed by atoms with Gasteiger partial charge >= 0.3 is 0 Å². The van der Waals surface area contributed by atoms with E-state index in [4.69, 9.17) is 4.98 Å². The molecule has 150 valence electrons. The molecule has 3 aromatic carbocycles. The van der Waals surface area contributed by atoms with E-state index in [1.807, 2.05) is 79.0 Å². The predicted molar refractivity (Wildman–Crippen MR) is 116 cm³/mol. The van der Waals surface area contributed by atoms with Crippen LogP contribution in [0.2, 0.25) is 0 Å². The van der Waals surface area contributed by atoms with Crippen LogP contribution in [-0.2, 0) is 19.8 Å². The maximum Gasteiger partial charge on any atom is 0.159 e. The molecule has 0 bridgehead atoms. The van der Waals surface area contributed by atoms with Crippen molar-refractivity contribution < 1.29 is 15.3 Å². The van der Waals surface area contributed by atoms with Crippen LogP contribution in [0.3, 0.4) is 0 Å². The number of aromatic nitrogens is 2. The van der Waals surface area contributed by atoms with E-state index in [0.29, 0.717) is 5.82 Å². The van der Waals surface area contributed by atoms with Gasteiger partial charge < -0.3 is 15.3 Å². The molecule has 0 saturated heterocycles. The first-order chi connectivity index (χ1) is 14.7. The summed E-state index contributed by atoms with van der Waals surface area (Å²) in [5, 5.41) is 27.9. The van der Waals surface area contributed by atoms with E-state index in [0.717, 1.165) is 44.6 Å². The molecule has 0 aliphatic carbocycles. The Kier molecular flexibility index (Phi) is 5.95. The summed E-state index contributed by atoms with van der Waals surface area (Å²) in [5.74, 6) is 0.594. The number of aliphatic hydroxyl groups excluding tert-OH is 3. The number of rotatable bonds is 6. The Balaban J connectivity index is 1.83. The Bertz CT molecular complexity index is 1120. The van der Waals surface area contributed by atoms with Gasteiger partial charge in [0, 0.05) is 22.9 Å². The van der Waals surface area contributed by atoms with E-state index in [-0.39, 0.29) is 19.8 Å². The van der Waals surface area contributed by atoms with Crippen LogP contribution < -0.4 is 0 Å². The highest BCUT2D eigenvalue weighted by molar-refractivity contribution is 5.81. The Labute approximate surface area is 175 Å². The Morgan fingerprint density at radius 1 is 0.533 bits per heavy atom. The van der Waals surface area contributed by atoms with Crippen molar-refractivity contribution in [2.24, 2.45) is 0 Å². The molecule has 5 heteroatoms. The molecule has 0 radical (unpaired) electrons. The van der Waals surface area contributed by atoms with E-state index < -0.39 is 0 Å². The standard InChI is InChI=1S/C25H22N2O3/c28-14-17-1-7-20(8-2-17)23-13-26-25(22-11-5-19(16-30)6-12-22)27-24(23)21-9-3-18(15-29)4-10-21/h1-13,28-30H,14-16H2. The van der Waals surface area contributed by atoms with Gasteiger partial charge in [-0.2, -0.15) is 0 Å². The topological polar surface area (TPSA) is 86.5 Å². The second kappa shape index (κ2) is 8.97. The zero-order chi connectivity index (χ0) is 20.9. The average molecular weight is 398 g/mol. The van der Waals surface area contributed by atoms with Crippen molar-refractivity contribution in [1.29, 1.82) is 0 Å². The summed E-state index contributed by atoms with van der Waals surface area (Å²) in [4.78, 5) is 9.44. The summed E-state index contributed by atoms with van der Waals surface area (Å²) < 4.78 is 0. The minimum Gasteiger partial charge on any atom is -0.392 e. The van der Waals surface area contributed by atoms with E-state index in [9.17, 15) is 15.3 Å². The predicted octanol–water partition coefficient (Wildman–Crippen LogP) is 3.95. The number of nitrogens with zero attached hydrogens (tertiary/aromatic N) is 2. The number of hydrogen-bond donors (Lipinski definition) is 3. The van der Waals surface area contributed by atoms with Crippen LogP contribution in [0.15, 0.2) is 79.0 Å². The third-order valence-corrected chi connectivity index (χ3v) is 5.04. The van der Waals surface area contributed by atoms with Gasteiger partial charge in [0.1, 0.15) is 0 Å². The molecule has 30 heavy (non-hydrogen) atoms. The van der Waals surface area contributed by atoms with Crippen molar-refractivity contribution in [3.63, 3.8) is 0 Å². The fraction of sp³-hybridized carbons (Fsp3) is 0.120. The maximum atomic E-state index is 9.35.